The quantitative estimate of drug-likeness (QED) is 0.210. The van der Waals surface area contributed by atoms with E-state index in [4.69, 9.17) is 14.2 Å². The Bertz CT molecular complexity index is 1890. The molecule has 2 amide bonds. The van der Waals surface area contributed by atoms with Gasteiger partial charge in [-0.1, -0.05) is 32.0 Å². The summed E-state index contributed by atoms with van der Waals surface area (Å²) in [5, 5.41) is 21.5. The molecule has 0 fully saturated rings. The Morgan fingerprint density at radius 3 is 2.38 bits per heavy atom. The third kappa shape index (κ3) is 7.09. The molecule has 2 atom stereocenters. The lowest BCUT2D eigenvalue weighted by Crippen LogP contribution is -2.37. The maximum atomic E-state index is 14.0. The first-order valence-corrected chi connectivity index (χ1v) is 15.7. The number of nitrogens with one attached hydrogen (secondary N) is 3. The molecule has 0 aliphatic heterocycles. The Kier molecular flexibility index (Phi) is 10.3. The summed E-state index contributed by atoms with van der Waals surface area (Å²) in [7, 11) is 6.32. The van der Waals surface area contributed by atoms with Gasteiger partial charge in [-0.3, -0.25) is 14.4 Å². The number of anilines is 2. The number of ether oxygens (including phenoxy) is 3. The van der Waals surface area contributed by atoms with Crippen molar-refractivity contribution in [3.63, 3.8) is 0 Å². The first-order chi connectivity index (χ1) is 23.0. The molecule has 0 saturated carbocycles. The lowest BCUT2D eigenvalue weighted by Gasteiger charge is -2.21. The first-order valence-electron chi connectivity index (χ1n) is 15.7. The fraction of sp³-hybridized carbons (Fsp3) is 0.371. The molecule has 0 unspecified atom stereocenters. The second-order valence-corrected chi connectivity index (χ2v) is 12.1. The molecule has 1 aromatic heterocycles. The molecule has 0 saturated heterocycles. The molecule has 1 aliphatic rings. The molecule has 4 aromatic rings. The summed E-state index contributed by atoms with van der Waals surface area (Å²) in [6, 6.07) is 12.9. The van der Waals surface area contributed by atoms with Crippen molar-refractivity contribution in [3.05, 3.63) is 69.9 Å². The number of tetrazole rings is 1. The van der Waals surface area contributed by atoms with Crippen LogP contribution in [0, 0.1) is 5.92 Å². The summed E-state index contributed by atoms with van der Waals surface area (Å²) in [6.45, 7) is 5.47. The van der Waals surface area contributed by atoms with E-state index in [1.54, 1.807) is 39.5 Å². The van der Waals surface area contributed by atoms with Crippen molar-refractivity contribution in [3.8, 4) is 39.8 Å². The highest BCUT2D eigenvalue weighted by molar-refractivity contribution is 5.99. The van der Waals surface area contributed by atoms with Crippen molar-refractivity contribution in [2.75, 3.05) is 32.0 Å². The van der Waals surface area contributed by atoms with Crippen molar-refractivity contribution in [2.45, 2.75) is 52.1 Å². The number of aromatic nitrogens is 4. The van der Waals surface area contributed by atoms with Gasteiger partial charge in [0.15, 0.2) is 11.5 Å². The van der Waals surface area contributed by atoms with Gasteiger partial charge in [0, 0.05) is 18.1 Å². The van der Waals surface area contributed by atoms with Gasteiger partial charge in [-0.25, -0.2) is 0 Å². The van der Waals surface area contributed by atoms with Gasteiger partial charge in [0.2, 0.25) is 28.8 Å². The van der Waals surface area contributed by atoms with E-state index in [0.717, 1.165) is 11.1 Å². The van der Waals surface area contributed by atoms with Gasteiger partial charge in [-0.15, -0.1) is 10.2 Å². The molecule has 3 aromatic carbocycles. The number of carbonyl (C=O) groups excluding carboxylic acids is 2. The maximum absolute atomic E-state index is 14.0. The number of methoxy groups -OCH3 is 3. The predicted octanol–water partition coefficient (Wildman–Crippen LogP) is 4.52. The molecule has 13 nitrogen and oxygen atoms in total. The summed E-state index contributed by atoms with van der Waals surface area (Å²) in [5.74, 6) is 1.34. The van der Waals surface area contributed by atoms with Crippen LogP contribution in [0.25, 0.3) is 22.5 Å². The molecule has 0 spiro atoms. The van der Waals surface area contributed by atoms with Crippen molar-refractivity contribution in [1.82, 2.24) is 25.5 Å². The van der Waals surface area contributed by atoms with Crippen LogP contribution in [0.3, 0.4) is 0 Å². The van der Waals surface area contributed by atoms with E-state index in [9.17, 15) is 14.4 Å². The Morgan fingerprint density at radius 1 is 0.979 bits per heavy atom. The van der Waals surface area contributed by atoms with E-state index in [1.165, 1.54) is 24.9 Å². The molecule has 5 rings (SSSR count). The number of carbonyl (C=O) groups is 2. The SMILES string of the molecule is COc1cc2c(c(OC)c1OC)-c1ccc(N[C@H](CC(C)C)C(=O)Nc3ccccc3-c3nnn(C)n3)c(=O)cc1[C@H](NC(C)=O)CC2. The average molecular weight is 656 g/mol. The smallest absolute Gasteiger partial charge is 0.246 e. The highest BCUT2D eigenvalue weighted by atomic mass is 16.5. The summed E-state index contributed by atoms with van der Waals surface area (Å²) in [5.41, 5.74) is 4.01. The maximum Gasteiger partial charge on any atom is 0.246 e. The van der Waals surface area contributed by atoms with Crippen molar-refractivity contribution >= 4 is 23.2 Å². The zero-order valence-electron chi connectivity index (χ0n) is 28.2. The molecule has 0 radical (unpaired) electrons. The molecule has 48 heavy (non-hydrogen) atoms. The minimum Gasteiger partial charge on any atom is -0.493 e. The number of nitrogens with zero attached hydrogens (tertiary/aromatic N) is 4. The van der Waals surface area contributed by atoms with Crippen molar-refractivity contribution in [1.29, 1.82) is 0 Å². The zero-order valence-corrected chi connectivity index (χ0v) is 28.2. The van der Waals surface area contributed by atoms with E-state index in [-0.39, 0.29) is 28.8 Å². The number of benzene rings is 2. The Balaban J connectivity index is 1.58. The molecular weight excluding hydrogens is 614 g/mol. The van der Waals surface area contributed by atoms with Crippen LogP contribution in [0.15, 0.2) is 53.3 Å². The lowest BCUT2D eigenvalue weighted by molar-refractivity contribution is -0.120. The van der Waals surface area contributed by atoms with Gasteiger partial charge >= 0.3 is 0 Å². The molecule has 1 aliphatic carbocycles. The predicted molar refractivity (Wildman–Crippen MR) is 182 cm³/mol. The second kappa shape index (κ2) is 14.5. The van der Waals surface area contributed by atoms with Crippen molar-refractivity contribution < 1.29 is 23.8 Å². The van der Waals surface area contributed by atoms with Crippen LogP contribution in [0.4, 0.5) is 11.4 Å². The first kappa shape index (κ1) is 33.9. The fourth-order valence-corrected chi connectivity index (χ4v) is 6.12. The molecule has 252 valence electrons. The minimum atomic E-state index is -0.764. The van der Waals surface area contributed by atoms with E-state index in [2.05, 4.69) is 31.4 Å². The highest BCUT2D eigenvalue weighted by Crippen LogP contribution is 2.50. The minimum absolute atomic E-state index is 0.122. The van der Waals surface area contributed by atoms with E-state index in [1.807, 2.05) is 38.1 Å². The van der Waals surface area contributed by atoms with Crippen LogP contribution >= 0.6 is 0 Å². The number of fused-ring (bicyclic) bond motifs is 3. The van der Waals surface area contributed by atoms with Crippen LogP contribution in [0.2, 0.25) is 0 Å². The number of amides is 2. The van der Waals surface area contributed by atoms with E-state index in [0.29, 0.717) is 64.7 Å². The Labute approximate surface area is 279 Å². The van der Waals surface area contributed by atoms with Gasteiger partial charge in [-0.05, 0) is 77.4 Å². The van der Waals surface area contributed by atoms with Gasteiger partial charge in [0.25, 0.3) is 0 Å². The number of aryl methyl sites for hydroxylation is 2. The van der Waals surface area contributed by atoms with E-state index < -0.39 is 12.1 Å². The molecule has 13 heteroatoms. The molecule has 3 N–H and O–H groups in total. The number of rotatable bonds is 11. The number of hydrogen-bond donors (Lipinski definition) is 3. The summed E-state index contributed by atoms with van der Waals surface area (Å²) in [4.78, 5) is 41.5. The molecular formula is C35H41N7O6. The van der Waals surface area contributed by atoms with E-state index >= 15 is 0 Å². The molecule has 1 heterocycles. The third-order valence-electron chi connectivity index (χ3n) is 8.20. The topological polar surface area (TPSA) is 159 Å². The summed E-state index contributed by atoms with van der Waals surface area (Å²) < 4.78 is 17.2. The molecule has 0 bridgehead atoms. The van der Waals surface area contributed by atoms with Crippen LogP contribution in [0.1, 0.15) is 50.8 Å². The summed E-state index contributed by atoms with van der Waals surface area (Å²) >= 11 is 0. The van der Waals surface area contributed by atoms with Crippen LogP contribution in [0.5, 0.6) is 17.2 Å². The largest absolute Gasteiger partial charge is 0.493 e. The van der Waals surface area contributed by atoms with Gasteiger partial charge in [-0.2, -0.15) is 4.80 Å². The van der Waals surface area contributed by atoms with Gasteiger partial charge < -0.3 is 30.2 Å². The summed E-state index contributed by atoms with van der Waals surface area (Å²) in [6.07, 6.45) is 1.55. The number of para-hydroxylation sites is 1. The lowest BCUT2D eigenvalue weighted by atomic mass is 9.95. The second-order valence-electron chi connectivity index (χ2n) is 12.1. The van der Waals surface area contributed by atoms with Crippen LogP contribution in [-0.2, 0) is 23.1 Å². The average Bonchev–Trinajstić information content (AvgIpc) is 3.36. The van der Waals surface area contributed by atoms with Crippen LogP contribution in [-0.4, -0.2) is 59.4 Å². The number of hydrogen-bond acceptors (Lipinski definition) is 10. The van der Waals surface area contributed by atoms with Gasteiger partial charge in [0.1, 0.15) is 6.04 Å². The standard InChI is InChI=1S/C35H41N7O6/c1-19(2)16-28(35(45)38-25-11-9-8-10-23(25)34-39-41-42(4)40-34)37-27-15-13-22-24(18-29(27)44)26(36-20(3)43)14-12-21-17-30(46-5)32(47-6)33(48-7)31(21)22/h8-11,13,15,17-19,26,28H,12,14,16H2,1-7H3,(H,36,43)(H,37,44)(H,38,45)/t26-,28-/m1/s1. The monoisotopic (exact) mass is 655 g/mol. The van der Waals surface area contributed by atoms with Gasteiger partial charge in [0.05, 0.1) is 45.8 Å². The zero-order chi connectivity index (χ0) is 34.5. The normalized spacial score (nSPS) is 14.2. The Hall–Kier alpha value is -5.46. The Morgan fingerprint density at radius 2 is 1.73 bits per heavy atom. The highest BCUT2D eigenvalue weighted by Gasteiger charge is 2.30. The third-order valence-corrected chi connectivity index (χ3v) is 8.20. The fourth-order valence-electron chi connectivity index (χ4n) is 6.12. The van der Waals surface area contributed by atoms with Crippen molar-refractivity contribution in [2.24, 2.45) is 13.0 Å². The van der Waals surface area contributed by atoms with Crippen LogP contribution < -0.4 is 35.6 Å².